The Bertz CT molecular complexity index is 1570. The van der Waals surface area contributed by atoms with Gasteiger partial charge in [0, 0.05) is 27.8 Å². The molecule has 0 bridgehead atoms. The van der Waals surface area contributed by atoms with Crippen LogP contribution in [0, 0.1) is 6.92 Å². The van der Waals surface area contributed by atoms with Gasteiger partial charge in [0.1, 0.15) is 23.0 Å². The second-order valence-electron chi connectivity index (χ2n) is 8.63. The van der Waals surface area contributed by atoms with Gasteiger partial charge in [0.25, 0.3) is 11.8 Å². The number of carbonyl (C=O) groups is 3. The van der Waals surface area contributed by atoms with Crippen LogP contribution in [-0.4, -0.2) is 42.9 Å². The zero-order valence-electron chi connectivity index (χ0n) is 22.6. The maximum absolute atomic E-state index is 13.5. The van der Waals surface area contributed by atoms with Gasteiger partial charge in [0.2, 0.25) is 5.91 Å². The van der Waals surface area contributed by atoms with E-state index in [4.69, 9.17) is 14.0 Å². The average Bonchev–Trinajstić information content (AvgIpc) is 3.40. The largest absolute Gasteiger partial charge is 0.497 e. The van der Waals surface area contributed by atoms with Crippen LogP contribution in [0.25, 0.3) is 6.08 Å². The van der Waals surface area contributed by atoms with Gasteiger partial charge in [-0.3, -0.25) is 14.4 Å². The highest BCUT2D eigenvalue weighted by molar-refractivity contribution is 8.00. The minimum Gasteiger partial charge on any atom is -0.497 e. The number of benzene rings is 3. The van der Waals surface area contributed by atoms with Crippen molar-refractivity contribution in [2.45, 2.75) is 11.8 Å². The maximum atomic E-state index is 13.5. The average molecular weight is 573 g/mol. The lowest BCUT2D eigenvalue weighted by atomic mass is 10.1. The zero-order chi connectivity index (χ0) is 29.2. The molecule has 0 aliphatic heterocycles. The third-order valence-electron chi connectivity index (χ3n) is 5.62. The zero-order valence-corrected chi connectivity index (χ0v) is 23.4. The number of hydrogen-bond donors (Lipinski definition) is 3. The Hall–Kier alpha value is -5.03. The molecule has 11 heteroatoms. The summed E-state index contributed by atoms with van der Waals surface area (Å²) in [5.41, 5.74) is 1.39. The molecule has 0 spiro atoms. The summed E-state index contributed by atoms with van der Waals surface area (Å²) >= 11 is 1.29. The fourth-order valence-corrected chi connectivity index (χ4v) is 4.42. The number of amides is 3. The molecule has 3 amide bonds. The fraction of sp³-hybridized carbons (Fsp3) is 0.133. The van der Waals surface area contributed by atoms with Gasteiger partial charge in [0.15, 0.2) is 5.82 Å². The predicted molar refractivity (Wildman–Crippen MR) is 157 cm³/mol. The van der Waals surface area contributed by atoms with Gasteiger partial charge in [-0.15, -0.1) is 11.8 Å². The molecule has 0 atom stereocenters. The summed E-state index contributed by atoms with van der Waals surface area (Å²) in [6, 6.07) is 22.4. The first-order chi connectivity index (χ1) is 19.8. The number of nitrogens with zero attached hydrogens (tertiary/aromatic N) is 1. The summed E-state index contributed by atoms with van der Waals surface area (Å²) in [6.45, 7) is 1.73. The summed E-state index contributed by atoms with van der Waals surface area (Å²) in [4.78, 5) is 39.5. The number of ether oxygens (including phenoxy) is 2. The van der Waals surface area contributed by atoms with E-state index in [2.05, 4.69) is 21.1 Å². The van der Waals surface area contributed by atoms with Crippen LogP contribution in [0.4, 0.5) is 11.5 Å². The minimum atomic E-state index is -0.555. The Labute approximate surface area is 241 Å². The van der Waals surface area contributed by atoms with E-state index in [1.165, 1.54) is 32.1 Å². The molecule has 3 N–H and O–H groups in total. The number of methoxy groups -OCH3 is 2. The molecule has 4 aromatic rings. The number of hydrogen-bond acceptors (Lipinski definition) is 8. The minimum absolute atomic E-state index is 0.00857. The van der Waals surface area contributed by atoms with Crippen LogP contribution in [0.3, 0.4) is 0 Å². The normalized spacial score (nSPS) is 11.0. The summed E-state index contributed by atoms with van der Waals surface area (Å²) in [7, 11) is 3.04. The first-order valence-electron chi connectivity index (χ1n) is 12.4. The molecule has 0 unspecified atom stereocenters. The number of carbonyl (C=O) groups excluding carboxylic acids is 3. The summed E-state index contributed by atoms with van der Waals surface area (Å²) in [5, 5.41) is 12.0. The van der Waals surface area contributed by atoms with E-state index in [9.17, 15) is 14.4 Å². The van der Waals surface area contributed by atoms with E-state index < -0.39 is 11.8 Å². The number of rotatable bonds is 11. The molecule has 210 valence electrons. The van der Waals surface area contributed by atoms with Crippen molar-refractivity contribution < 1.29 is 28.4 Å². The summed E-state index contributed by atoms with van der Waals surface area (Å²) in [5.74, 6) is 0.845. The van der Waals surface area contributed by atoms with Crippen molar-refractivity contribution in [2.75, 3.05) is 30.6 Å². The van der Waals surface area contributed by atoms with Crippen LogP contribution < -0.4 is 25.4 Å². The van der Waals surface area contributed by atoms with E-state index in [1.807, 2.05) is 6.07 Å². The van der Waals surface area contributed by atoms with E-state index in [0.29, 0.717) is 39.9 Å². The van der Waals surface area contributed by atoms with E-state index >= 15 is 0 Å². The Morgan fingerprint density at radius 1 is 0.927 bits per heavy atom. The van der Waals surface area contributed by atoms with Crippen LogP contribution in [0.2, 0.25) is 0 Å². The molecular weight excluding hydrogens is 544 g/mol. The molecule has 0 saturated heterocycles. The number of aromatic nitrogens is 1. The third-order valence-corrected chi connectivity index (χ3v) is 6.62. The van der Waals surface area contributed by atoms with Crippen molar-refractivity contribution in [1.82, 2.24) is 10.5 Å². The molecule has 10 nitrogen and oxygen atoms in total. The molecule has 1 aromatic heterocycles. The van der Waals surface area contributed by atoms with Crippen LogP contribution in [0.1, 0.15) is 21.7 Å². The monoisotopic (exact) mass is 572 g/mol. The molecule has 3 aromatic carbocycles. The highest BCUT2D eigenvalue weighted by Gasteiger charge is 2.17. The lowest BCUT2D eigenvalue weighted by Gasteiger charge is -2.13. The molecule has 0 saturated carbocycles. The standard InChI is InChI=1S/C30H28N4O6S/c1-19-14-27(34-40-19)33-28(35)18-41-24-11-7-10-22(17-24)31-30(37)25(32-29(36)20-8-5-4-6-9-20)16-21-15-23(38-2)12-13-26(21)39-3/h4-17H,18H2,1-3H3,(H,31,37)(H,32,36)(H,33,34,35)/b25-16+. The highest BCUT2D eigenvalue weighted by atomic mass is 32.2. The number of anilines is 2. The molecule has 41 heavy (non-hydrogen) atoms. The van der Waals surface area contributed by atoms with Gasteiger partial charge < -0.3 is 29.9 Å². The van der Waals surface area contributed by atoms with Crippen LogP contribution >= 0.6 is 11.8 Å². The number of thioether (sulfide) groups is 1. The molecule has 1 heterocycles. The molecule has 0 radical (unpaired) electrons. The lowest BCUT2D eigenvalue weighted by Crippen LogP contribution is -2.30. The fourth-order valence-electron chi connectivity index (χ4n) is 3.67. The van der Waals surface area contributed by atoms with Gasteiger partial charge in [-0.1, -0.05) is 29.4 Å². The second-order valence-corrected chi connectivity index (χ2v) is 9.68. The van der Waals surface area contributed by atoms with Gasteiger partial charge in [-0.2, -0.15) is 0 Å². The Morgan fingerprint density at radius 2 is 1.73 bits per heavy atom. The predicted octanol–water partition coefficient (Wildman–Crippen LogP) is 5.14. The van der Waals surface area contributed by atoms with Crippen LogP contribution in [-0.2, 0) is 9.59 Å². The topological polar surface area (TPSA) is 132 Å². The van der Waals surface area contributed by atoms with Gasteiger partial charge in [0.05, 0.1) is 20.0 Å². The van der Waals surface area contributed by atoms with E-state index in [-0.39, 0.29) is 17.4 Å². The highest BCUT2D eigenvalue weighted by Crippen LogP contribution is 2.27. The lowest BCUT2D eigenvalue weighted by molar-refractivity contribution is -0.114. The SMILES string of the molecule is COc1ccc(OC)c(/C=C(/NC(=O)c2ccccc2)C(=O)Nc2cccc(SCC(=O)Nc3cc(C)on3)c2)c1. The van der Waals surface area contributed by atoms with Crippen molar-refractivity contribution in [3.63, 3.8) is 0 Å². The number of aryl methyl sites for hydroxylation is 1. The Kier molecular flexibility index (Phi) is 9.79. The maximum Gasteiger partial charge on any atom is 0.272 e. The van der Waals surface area contributed by atoms with Crippen LogP contribution in [0.15, 0.2) is 94.0 Å². The third kappa shape index (κ3) is 8.23. The summed E-state index contributed by atoms with van der Waals surface area (Å²) in [6.07, 6.45) is 1.52. The Morgan fingerprint density at radius 3 is 2.44 bits per heavy atom. The molecule has 0 aliphatic carbocycles. The van der Waals surface area contributed by atoms with Gasteiger partial charge in [-0.25, -0.2) is 0 Å². The quantitative estimate of drug-likeness (QED) is 0.166. The van der Waals surface area contributed by atoms with Crippen molar-refractivity contribution >= 4 is 47.1 Å². The summed E-state index contributed by atoms with van der Waals surface area (Å²) < 4.78 is 15.7. The van der Waals surface area contributed by atoms with Crippen molar-refractivity contribution in [2.24, 2.45) is 0 Å². The number of nitrogens with one attached hydrogen (secondary N) is 3. The molecule has 0 fully saturated rings. The smallest absolute Gasteiger partial charge is 0.272 e. The Balaban J connectivity index is 1.52. The van der Waals surface area contributed by atoms with E-state index in [0.717, 1.165) is 4.90 Å². The molecular formula is C30H28N4O6S. The molecule has 4 rings (SSSR count). The van der Waals surface area contributed by atoms with Crippen molar-refractivity contribution in [3.8, 4) is 11.5 Å². The first kappa shape index (κ1) is 29.0. The first-order valence-corrected chi connectivity index (χ1v) is 13.4. The van der Waals surface area contributed by atoms with Crippen molar-refractivity contribution in [3.05, 3.63) is 101 Å². The van der Waals surface area contributed by atoms with Gasteiger partial charge in [-0.05, 0) is 61.5 Å². The van der Waals surface area contributed by atoms with E-state index in [1.54, 1.807) is 79.7 Å². The molecule has 0 aliphatic rings. The van der Waals surface area contributed by atoms with Crippen molar-refractivity contribution in [1.29, 1.82) is 0 Å². The second kappa shape index (κ2) is 13.9. The van der Waals surface area contributed by atoms with Gasteiger partial charge >= 0.3 is 0 Å². The van der Waals surface area contributed by atoms with Crippen LogP contribution in [0.5, 0.6) is 11.5 Å².